The van der Waals surface area contributed by atoms with Gasteiger partial charge in [0.2, 0.25) is 0 Å². The largest absolute Gasteiger partial charge is 0.445 e. The van der Waals surface area contributed by atoms with Gasteiger partial charge in [-0.25, -0.2) is 24.4 Å². The highest BCUT2D eigenvalue weighted by atomic mass is 16.6. The third-order valence-electron chi connectivity index (χ3n) is 4.94. The van der Waals surface area contributed by atoms with Gasteiger partial charge >= 0.3 is 18.3 Å². The number of hydrogen-bond donors (Lipinski definition) is 0. The number of amides is 3. The smallest absolute Gasteiger partial charge is 0.429 e. The number of nitrogens with zero attached hydrogens (tertiary/aromatic N) is 3. The molecule has 1 saturated heterocycles. The number of ether oxygens (including phenoxy) is 3. The Morgan fingerprint density at radius 1 is 0.676 bits per heavy atom. The van der Waals surface area contributed by atoms with Gasteiger partial charge in [0.05, 0.1) is 13.1 Å². The summed E-state index contributed by atoms with van der Waals surface area (Å²) in [7, 11) is 0. The van der Waals surface area contributed by atoms with Crippen LogP contribution in [0.25, 0.3) is 0 Å². The summed E-state index contributed by atoms with van der Waals surface area (Å²) in [6.45, 7) is 5.87. The Bertz CT molecular complexity index is 962. The third-order valence-corrected chi connectivity index (χ3v) is 4.94. The maximum absolute atomic E-state index is 12.9. The molecule has 0 radical (unpaired) electrons. The summed E-state index contributed by atoms with van der Waals surface area (Å²) in [4.78, 5) is 39.9. The number of carbonyl (C=O) groups excluding carboxylic acids is 3. The average molecular weight is 470 g/mol. The lowest BCUT2D eigenvalue weighted by molar-refractivity contribution is -0.0421. The second-order valence-corrected chi connectivity index (χ2v) is 8.79. The highest BCUT2D eigenvalue weighted by Crippen LogP contribution is 2.16. The van der Waals surface area contributed by atoms with E-state index in [2.05, 4.69) is 0 Å². The van der Waals surface area contributed by atoms with Crippen molar-refractivity contribution < 1.29 is 28.6 Å². The second-order valence-electron chi connectivity index (χ2n) is 8.79. The molecule has 0 spiro atoms. The minimum Gasteiger partial charge on any atom is -0.445 e. The zero-order valence-corrected chi connectivity index (χ0v) is 19.8. The first-order valence-corrected chi connectivity index (χ1v) is 11.2. The molecule has 0 unspecified atom stereocenters. The quantitative estimate of drug-likeness (QED) is 0.616. The van der Waals surface area contributed by atoms with Crippen LogP contribution in [-0.4, -0.2) is 65.0 Å². The maximum Gasteiger partial charge on any atom is 0.429 e. The van der Waals surface area contributed by atoms with Crippen LogP contribution in [0.3, 0.4) is 0 Å². The minimum absolute atomic E-state index is 0.0489. The van der Waals surface area contributed by atoms with E-state index in [0.29, 0.717) is 0 Å². The Morgan fingerprint density at radius 3 is 1.59 bits per heavy atom. The molecule has 0 aliphatic carbocycles. The molecule has 34 heavy (non-hydrogen) atoms. The van der Waals surface area contributed by atoms with Gasteiger partial charge in [0.25, 0.3) is 0 Å². The molecular formula is C25H31N3O6. The lowest BCUT2D eigenvalue weighted by atomic mass is 10.2. The third kappa shape index (κ3) is 7.40. The fourth-order valence-electron chi connectivity index (χ4n) is 3.27. The highest BCUT2D eigenvalue weighted by Gasteiger charge is 2.35. The van der Waals surface area contributed by atoms with Crippen LogP contribution in [0, 0.1) is 0 Å². The van der Waals surface area contributed by atoms with Crippen molar-refractivity contribution in [2.75, 3.05) is 26.2 Å². The number of benzene rings is 2. The molecule has 1 aliphatic rings. The summed E-state index contributed by atoms with van der Waals surface area (Å²) in [6.07, 6.45) is -1.91. The molecule has 3 amide bonds. The number of hydrazine groups is 1. The Kier molecular flexibility index (Phi) is 8.34. The van der Waals surface area contributed by atoms with Crippen molar-refractivity contribution in [3.63, 3.8) is 0 Å². The highest BCUT2D eigenvalue weighted by molar-refractivity contribution is 5.75. The van der Waals surface area contributed by atoms with Gasteiger partial charge in [-0.3, -0.25) is 0 Å². The van der Waals surface area contributed by atoms with E-state index >= 15 is 0 Å². The Labute approximate surface area is 199 Å². The molecule has 0 atom stereocenters. The van der Waals surface area contributed by atoms with Gasteiger partial charge in [0.15, 0.2) is 0 Å². The molecule has 3 rings (SSSR count). The first-order chi connectivity index (χ1) is 16.2. The second kappa shape index (κ2) is 11.4. The molecule has 9 heteroatoms. The van der Waals surface area contributed by atoms with E-state index in [9.17, 15) is 14.4 Å². The molecular weight excluding hydrogens is 438 g/mol. The predicted molar refractivity (Wildman–Crippen MR) is 124 cm³/mol. The summed E-state index contributed by atoms with van der Waals surface area (Å²) in [6, 6.07) is 18.6. The summed E-state index contributed by atoms with van der Waals surface area (Å²) >= 11 is 0. The van der Waals surface area contributed by atoms with Crippen molar-refractivity contribution in [2.24, 2.45) is 0 Å². The lowest BCUT2D eigenvalue weighted by Crippen LogP contribution is -2.52. The van der Waals surface area contributed by atoms with Crippen LogP contribution in [0.1, 0.15) is 31.9 Å². The zero-order chi connectivity index (χ0) is 24.6. The predicted octanol–water partition coefficient (Wildman–Crippen LogP) is 4.43. The Hall–Kier alpha value is -3.75. The van der Waals surface area contributed by atoms with Crippen molar-refractivity contribution in [1.29, 1.82) is 0 Å². The van der Waals surface area contributed by atoms with Gasteiger partial charge in [0, 0.05) is 13.1 Å². The molecule has 182 valence electrons. The molecule has 0 aromatic heterocycles. The van der Waals surface area contributed by atoms with Gasteiger partial charge in [-0.15, -0.1) is 0 Å². The molecule has 0 N–H and O–H groups in total. The SMILES string of the molecule is CC(C)(C)OC(=O)N1CCN(C(=O)OCc2ccccc2)CCN1C(=O)OCc1ccccc1. The molecule has 9 nitrogen and oxygen atoms in total. The fourth-order valence-corrected chi connectivity index (χ4v) is 3.27. The Morgan fingerprint density at radius 2 is 1.12 bits per heavy atom. The monoisotopic (exact) mass is 469 g/mol. The van der Waals surface area contributed by atoms with Gasteiger partial charge in [-0.1, -0.05) is 60.7 Å². The maximum atomic E-state index is 12.9. The molecule has 1 fully saturated rings. The van der Waals surface area contributed by atoms with Crippen molar-refractivity contribution in [1.82, 2.24) is 14.9 Å². The van der Waals surface area contributed by atoms with Crippen LogP contribution in [0.5, 0.6) is 0 Å². The van der Waals surface area contributed by atoms with Crippen LogP contribution >= 0.6 is 0 Å². The van der Waals surface area contributed by atoms with Crippen LogP contribution in [-0.2, 0) is 27.4 Å². The number of carbonyl (C=O) groups is 3. The standard InChI is InChI=1S/C25H31N3O6/c1-25(2,3)34-24(31)28-17-15-26(22(29)32-18-20-10-6-4-7-11-20)14-16-27(28)23(30)33-19-21-12-8-5-9-13-21/h4-13H,14-19H2,1-3H3. The van der Waals surface area contributed by atoms with Gasteiger partial charge in [-0.05, 0) is 31.9 Å². The van der Waals surface area contributed by atoms with Crippen LogP contribution < -0.4 is 0 Å². The van der Waals surface area contributed by atoms with E-state index in [1.54, 1.807) is 20.8 Å². The lowest BCUT2D eigenvalue weighted by Gasteiger charge is -2.33. The van der Waals surface area contributed by atoms with E-state index in [1.807, 2.05) is 60.7 Å². The van der Waals surface area contributed by atoms with Crippen LogP contribution in [0.15, 0.2) is 60.7 Å². The van der Waals surface area contributed by atoms with E-state index in [-0.39, 0.29) is 39.4 Å². The molecule has 0 saturated carbocycles. The normalized spacial score (nSPS) is 14.3. The number of rotatable bonds is 4. The molecule has 1 heterocycles. The minimum atomic E-state index is -0.753. The van der Waals surface area contributed by atoms with Crippen molar-refractivity contribution in [3.8, 4) is 0 Å². The molecule has 2 aromatic rings. The summed E-state index contributed by atoms with van der Waals surface area (Å²) < 4.78 is 16.3. The first kappa shape index (κ1) is 24.9. The molecule has 0 bridgehead atoms. The fraction of sp³-hybridized carbons (Fsp3) is 0.400. The van der Waals surface area contributed by atoms with Crippen LogP contribution in [0.4, 0.5) is 14.4 Å². The summed E-state index contributed by atoms with van der Waals surface area (Å²) in [5, 5.41) is 2.37. The van der Waals surface area contributed by atoms with E-state index in [4.69, 9.17) is 14.2 Å². The van der Waals surface area contributed by atoms with E-state index in [1.165, 1.54) is 14.9 Å². The molecule has 2 aromatic carbocycles. The average Bonchev–Trinajstić information content (AvgIpc) is 3.05. The summed E-state index contributed by atoms with van der Waals surface area (Å²) in [5.41, 5.74) is 0.935. The van der Waals surface area contributed by atoms with Crippen molar-refractivity contribution >= 4 is 18.3 Å². The van der Waals surface area contributed by atoms with Crippen LogP contribution in [0.2, 0.25) is 0 Å². The van der Waals surface area contributed by atoms with Crippen molar-refractivity contribution in [2.45, 2.75) is 39.6 Å². The van der Waals surface area contributed by atoms with E-state index < -0.39 is 23.9 Å². The Balaban J connectivity index is 1.66. The topological polar surface area (TPSA) is 88.6 Å². The van der Waals surface area contributed by atoms with E-state index in [0.717, 1.165) is 11.1 Å². The zero-order valence-electron chi connectivity index (χ0n) is 19.8. The van der Waals surface area contributed by atoms with Gasteiger partial charge < -0.3 is 19.1 Å². The first-order valence-electron chi connectivity index (χ1n) is 11.2. The van der Waals surface area contributed by atoms with Crippen molar-refractivity contribution in [3.05, 3.63) is 71.8 Å². The number of hydrogen-bond acceptors (Lipinski definition) is 6. The van der Waals surface area contributed by atoms with Gasteiger partial charge in [-0.2, -0.15) is 0 Å². The summed E-state index contributed by atoms with van der Waals surface area (Å²) in [5.74, 6) is 0. The molecule has 1 aliphatic heterocycles. The van der Waals surface area contributed by atoms with Gasteiger partial charge in [0.1, 0.15) is 18.8 Å².